The number of hydrogen-bond donors (Lipinski definition) is 3. The topological polar surface area (TPSA) is 124 Å². The number of sulfonamides is 1. The number of allylic oxidation sites excluding steroid dienone is 1. The summed E-state index contributed by atoms with van der Waals surface area (Å²) in [5, 5.41) is 9.36. The molecule has 0 amide bonds. The van der Waals surface area contributed by atoms with Crippen LogP contribution < -0.4 is 15.8 Å². The van der Waals surface area contributed by atoms with E-state index in [1.54, 1.807) is 43.6 Å². The van der Waals surface area contributed by atoms with Gasteiger partial charge in [0.25, 0.3) is 0 Å². The molecule has 1 aliphatic rings. The first kappa shape index (κ1) is 30.9. The van der Waals surface area contributed by atoms with Gasteiger partial charge in [0, 0.05) is 48.1 Å². The van der Waals surface area contributed by atoms with Crippen LogP contribution in [-0.2, 0) is 20.5 Å². The molecule has 5 rings (SSSR count). The maximum Gasteiger partial charge on any atom is 0.237 e. The van der Waals surface area contributed by atoms with Gasteiger partial charge in [-0.1, -0.05) is 41.9 Å². The largest absolute Gasteiger partial charge is 0.383 e. The Hall–Kier alpha value is -3.51. The lowest BCUT2D eigenvalue weighted by Crippen LogP contribution is -2.32. The van der Waals surface area contributed by atoms with E-state index in [0.29, 0.717) is 45.7 Å². The molecule has 0 saturated carbocycles. The minimum absolute atomic E-state index is 0.00908. The smallest absolute Gasteiger partial charge is 0.237 e. The van der Waals surface area contributed by atoms with Crippen LogP contribution in [-0.4, -0.2) is 49.5 Å². The summed E-state index contributed by atoms with van der Waals surface area (Å²) in [7, 11) is -2.23. The van der Waals surface area contributed by atoms with Gasteiger partial charge in [-0.3, -0.25) is 9.40 Å². The van der Waals surface area contributed by atoms with Gasteiger partial charge in [-0.15, -0.1) is 0 Å². The van der Waals surface area contributed by atoms with E-state index in [0.717, 1.165) is 36.9 Å². The summed E-state index contributed by atoms with van der Waals surface area (Å²) in [5.41, 5.74) is 10.6. The summed E-state index contributed by atoms with van der Waals surface area (Å²) >= 11 is 6.13. The molecule has 2 aromatic heterocycles. The minimum Gasteiger partial charge on any atom is -0.383 e. The number of methoxy groups -OCH3 is 1. The maximum atomic E-state index is 15.4. The Bertz CT molecular complexity index is 1770. The van der Waals surface area contributed by atoms with Gasteiger partial charge >= 0.3 is 0 Å². The third-order valence-corrected chi connectivity index (χ3v) is 9.14. The van der Waals surface area contributed by atoms with Gasteiger partial charge in [0.15, 0.2) is 0 Å². The molecule has 0 saturated heterocycles. The van der Waals surface area contributed by atoms with Crippen LogP contribution in [0.4, 0.5) is 15.9 Å². The third-order valence-electron chi connectivity index (χ3n) is 7.55. The number of rotatable bonds is 11. The number of ether oxygens (including phenoxy) is 1. The summed E-state index contributed by atoms with van der Waals surface area (Å²) in [6, 6.07) is 11.3. The molecule has 12 heteroatoms. The zero-order valence-corrected chi connectivity index (χ0v) is 26.0. The Morgan fingerprint density at radius 1 is 1.23 bits per heavy atom. The second-order valence-electron chi connectivity index (χ2n) is 11.0. The van der Waals surface area contributed by atoms with E-state index in [4.69, 9.17) is 27.2 Å². The number of pyridine rings is 1. The first-order valence-corrected chi connectivity index (χ1v) is 16.2. The fourth-order valence-corrected chi connectivity index (χ4v) is 6.92. The number of nitrogens with one attached hydrogen (secondary N) is 2. The van der Waals surface area contributed by atoms with Crippen LogP contribution in [0.25, 0.3) is 27.7 Å². The number of nitrogens with two attached hydrogens (primary N) is 1. The van der Waals surface area contributed by atoms with Crippen LogP contribution >= 0.6 is 11.6 Å². The van der Waals surface area contributed by atoms with E-state index in [1.165, 1.54) is 17.7 Å². The molecule has 43 heavy (non-hydrogen) atoms. The Kier molecular flexibility index (Phi) is 9.36. The molecule has 0 bridgehead atoms. The molecular weight excluding hydrogens is 591 g/mol. The predicted octanol–water partition coefficient (Wildman–Crippen LogP) is 6.17. The van der Waals surface area contributed by atoms with Gasteiger partial charge in [-0.05, 0) is 62.4 Å². The molecule has 1 aliphatic carbocycles. The molecule has 0 aliphatic heterocycles. The van der Waals surface area contributed by atoms with Crippen molar-refractivity contribution in [2.24, 2.45) is 0 Å². The van der Waals surface area contributed by atoms with Crippen molar-refractivity contribution in [1.29, 1.82) is 0 Å². The Morgan fingerprint density at radius 2 is 2.02 bits per heavy atom. The van der Waals surface area contributed by atoms with Gasteiger partial charge in [0.1, 0.15) is 17.3 Å². The average Bonchev–Trinajstić information content (AvgIpc) is 3.38. The SMILES string of the molecule is COCCN[C@@H]1CC=C(c2cnc(N)c3c(-c4ccc(NS(=O)(=O)Cc5ccccc5Cl)c(F)c4)nn(C(C)C)c23)CC1. The molecule has 2 aromatic carbocycles. The summed E-state index contributed by atoms with van der Waals surface area (Å²) in [6.45, 7) is 5.53. The van der Waals surface area contributed by atoms with Crippen molar-refractivity contribution in [2.45, 2.75) is 50.9 Å². The monoisotopic (exact) mass is 626 g/mol. The first-order valence-electron chi connectivity index (χ1n) is 14.2. The lowest BCUT2D eigenvalue weighted by Gasteiger charge is -2.24. The van der Waals surface area contributed by atoms with Crippen molar-refractivity contribution in [1.82, 2.24) is 20.1 Å². The highest BCUT2D eigenvalue weighted by Crippen LogP contribution is 2.39. The molecule has 4 aromatic rings. The van der Waals surface area contributed by atoms with Crippen molar-refractivity contribution in [3.05, 3.63) is 76.7 Å². The molecule has 0 fully saturated rings. The van der Waals surface area contributed by atoms with E-state index in [1.807, 2.05) is 18.5 Å². The lowest BCUT2D eigenvalue weighted by molar-refractivity contribution is 0.195. The van der Waals surface area contributed by atoms with E-state index >= 15 is 4.39 Å². The Balaban J connectivity index is 1.47. The van der Waals surface area contributed by atoms with Gasteiger partial charge in [-0.2, -0.15) is 5.10 Å². The van der Waals surface area contributed by atoms with Crippen LogP contribution in [0.3, 0.4) is 0 Å². The highest BCUT2D eigenvalue weighted by atomic mass is 35.5. The Labute approximate surface area is 256 Å². The van der Waals surface area contributed by atoms with Crippen LogP contribution in [0.2, 0.25) is 5.02 Å². The van der Waals surface area contributed by atoms with Crippen LogP contribution in [0.5, 0.6) is 0 Å². The Morgan fingerprint density at radius 3 is 2.70 bits per heavy atom. The maximum absolute atomic E-state index is 15.4. The van der Waals surface area contributed by atoms with Crippen LogP contribution in [0, 0.1) is 5.82 Å². The van der Waals surface area contributed by atoms with Gasteiger partial charge in [-0.25, -0.2) is 17.8 Å². The molecular formula is C31H36ClFN6O3S. The number of benzene rings is 2. The summed E-state index contributed by atoms with van der Waals surface area (Å²) < 4.78 is 50.4. The quantitative estimate of drug-likeness (QED) is 0.170. The number of aromatic nitrogens is 3. The zero-order chi connectivity index (χ0) is 30.7. The molecule has 9 nitrogen and oxygen atoms in total. The van der Waals surface area contributed by atoms with E-state index in [9.17, 15) is 8.42 Å². The normalized spacial score (nSPS) is 15.7. The molecule has 0 unspecified atom stereocenters. The van der Waals surface area contributed by atoms with E-state index in [-0.39, 0.29) is 17.5 Å². The highest BCUT2D eigenvalue weighted by molar-refractivity contribution is 7.91. The van der Waals surface area contributed by atoms with E-state index in [2.05, 4.69) is 21.1 Å². The molecule has 0 spiro atoms. The fraction of sp³-hybridized carbons (Fsp3) is 0.355. The predicted molar refractivity (Wildman–Crippen MR) is 171 cm³/mol. The fourth-order valence-electron chi connectivity index (χ4n) is 5.40. The number of nitrogens with zero attached hydrogens (tertiary/aromatic N) is 3. The number of hydrogen-bond acceptors (Lipinski definition) is 7. The molecule has 4 N–H and O–H groups in total. The molecule has 228 valence electrons. The number of nitrogen functional groups attached to an aromatic ring is 1. The van der Waals surface area contributed by atoms with Crippen molar-refractivity contribution in [3.63, 3.8) is 0 Å². The molecule has 0 radical (unpaired) electrons. The zero-order valence-electron chi connectivity index (χ0n) is 24.4. The lowest BCUT2D eigenvalue weighted by atomic mass is 9.90. The number of halogens is 2. The van der Waals surface area contributed by atoms with Gasteiger partial charge < -0.3 is 15.8 Å². The number of fused-ring (bicyclic) bond motifs is 1. The van der Waals surface area contributed by atoms with Crippen molar-refractivity contribution >= 4 is 49.6 Å². The second kappa shape index (κ2) is 13.0. The van der Waals surface area contributed by atoms with Crippen molar-refractivity contribution in [2.75, 3.05) is 30.7 Å². The van der Waals surface area contributed by atoms with Crippen LogP contribution in [0.15, 0.2) is 54.7 Å². The van der Waals surface area contributed by atoms with Gasteiger partial charge in [0.2, 0.25) is 10.0 Å². The first-order chi connectivity index (χ1) is 20.6. The third kappa shape index (κ3) is 6.85. The van der Waals surface area contributed by atoms with E-state index < -0.39 is 15.8 Å². The van der Waals surface area contributed by atoms with Gasteiger partial charge in [0.05, 0.1) is 29.0 Å². The number of anilines is 2. The highest BCUT2D eigenvalue weighted by Gasteiger charge is 2.25. The second-order valence-corrected chi connectivity index (χ2v) is 13.1. The van der Waals surface area contributed by atoms with Crippen molar-refractivity contribution in [3.8, 4) is 11.3 Å². The van der Waals surface area contributed by atoms with Crippen LogP contribution in [0.1, 0.15) is 50.3 Å². The minimum atomic E-state index is -3.93. The summed E-state index contributed by atoms with van der Waals surface area (Å²) in [6.07, 6.45) is 6.75. The standard InChI is InChI=1S/C31H36ClFN6O3S/c1-19(2)39-30-24(20-8-11-23(12-9-20)35-14-15-42-3)17-36-31(34)28(30)29(37-39)21-10-13-27(26(33)16-21)38-43(40,41)18-22-6-4-5-7-25(22)32/h4-8,10,13,16-17,19,23,35,38H,9,11-12,14-15,18H2,1-3H3,(H2,34,36)/t23-/m1/s1. The summed E-state index contributed by atoms with van der Waals surface area (Å²) in [4.78, 5) is 4.51. The molecule has 1 atom stereocenters. The van der Waals surface area contributed by atoms with Crippen molar-refractivity contribution < 1.29 is 17.5 Å². The summed E-state index contributed by atoms with van der Waals surface area (Å²) in [5.74, 6) is -0.833. The molecule has 2 heterocycles. The average molecular weight is 627 g/mol.